The Balaban J connectivity index is 2.21. The highest BCUT2D eigenvalue weighted by molar-refractivity contribution is 5.97. The Morgan fingerprint density at radius 3 is 2.69 bits per heavy atom. The van der Waals surface area contributed by atoms with Gasteiger partial charge in [0.25, 0.3) is 8.05 Å². The van der Waals surface area contributed by atoms with Crippen molar-refractivity contribution in [2.45, 2.75) is 33.6 Å². The van der Waals surface area contributed by atoms with E-state index in [4.69, 9.17) is 12.7 Å². The first-order valence-electron chi connectivity index (χ1n) is 5.09. The van der Waals surface area contributed by atoms with Gasteiger partial charge >= 0.3 is 0 Å². The van der Waals surface area contributed by atoms with E-state index in [0.29, 0.717) is 17.9 Å². The number of rotatable bonds is 2. The molecule has 2 unspecified atom stereocenters. The Labute approximate surface area is 82.0 Å². The van der Waals surface area contributed by atoms with E-state index in [1.54, 1.807) is 5.57 Å². The van der Waals surface area contributed by atoms with Gasteiger partial charge in [-0.25, -0.2) is 0 Å². The number of hydrogen-bond donors (Lipinski definition) is 0. The summed E-state index contributed by atoms with van der Waals surface area (Å²) in [4.78, 5) is 0. The van der Waals surface area contributed by atoms with Crippen LogP contribution in [0.15, 0.2) is 11.1 Å². The van der Waals surface area contributed by atoms with E-state index in [1.807, 2.05) is 0 Å². The quantitative estimate of drug-likeness (QED) is 0.463. The average molecular weight is 176 g/mol. The Morgan fingerprint density at radius 1 is 1.54 bits per heavy atom. The van der Waals surface area contributed by atoms with Crippen LogP contribution in [-0.2, 0) is 4.65 Å². The monoisotopic (exact) mass is 176 g/mol. The summed E-state index contributed by atoms with van der Waals surface area (Å²) in [5, 5.41) is 0. The summed E-state index contributed by atoms with van der Waals surface area (Å²) < 4.78 is 4.75. The van der Waals surface area contributed by atoms with Crippen LogP contribution in [0.25, 0.3) is 0 Å². The van der Waals surface area contributed by atoms with Crippen molar-refractivity contribution in [3.8, 4) is 0 Å². The van der Waals surface area contributed by atoms with E-state index in [-0.39, 0.29) is 0 Å². The van der Waals surface area contributed by atoms with E-state index in [0.717, 1.165) is 5.92 Å². The van der Waals surface area contributed by atoms with Gasteiger partial charge in [-0.15, -0.1) is 0 Å². The molecule has 1 nitrogen and oxygen atoms in total. The second-order valence-electron chi connectivity index (χ2n) is 5.05. The van der Waals surface area contributed by atoms with E-state index in [2.05, 4.69) is 20.8 Å². The van der Waals surface area contributed by atoms with Gasteiger partial charge in [-0.05, 0) is 31.1 Å². The van der Waals surface area contributed by atoms with E-state index in [9.17, 15) is 0 Å². The van der Waals surface area contributed by atoms with Gasteiger partial charge in [0.2, 0.25) is 0 Å². The molecule has 2 bridgehead atoms. The second kappa shape index (κ2) is 2.88. The van der Waals surface area contributed by atoms with Crippen molar-refractivity contribution in [3.63, 3.8) is 0 Å². The molecule has 0 aromatic heterocycles. The molecular formula is C11H17BO. The molecule has 0 aliphatic heterocycles. The Hall–Kier alpha value is -0.235. The molecule has 0 saturated heterocycles. The number of fused-ring (bicyclic) bond motifs is 2. The maximum absolute atomic E-state index is 5.13. The molecule has 1 fully saturated rings. The highest BCUT2D eigenvalue weighted by Gasteiger charge is 2.49. The number of hydrogen-bond acceptors (Lipinski definition) is 1. The summed E-state index contributed by atoms with van der Waals surface area (Å²) in [6, 6.07) is 0. The van der Waals surface area contributed by atoms with Gasteiger partial charge in [0.1, 0.15) is 0 Å². The van der Waals surface area contributed by atoms with Gasteiger partial charge in [-0.1, -0.05) is 25.0 Å². The summed E-state index contributed by atoms with van der Waals surface area (Å²) in [5.41, 5.74) is 3.67. The summed E-state index contributed by atoms with van der Waals surface area (Å²) in [6.07, 6.45) is 2.58. The van der Waals surface area contributed by atoms with Crippen LogP contribution in [-0.4, -0.2) is 14.7 Å². The van der Waals surface area contributed by atoms with Crippen molar-refractivity contribution in [2.75, 3.05) is 6.61 Å². The Morgan fingerprint density at radius 2 is 2.23 bits per heavy atom. The lowest BCUT2D eigenvalue weighted by molar-refractivity contribution is 0.0923. The molecule has 0 aromatic rings. The summed E-state index contributed by atoms with van der Waals surface area (Å²) in [6.45, 7) is 7.66. The van der Waals surface area contributed by atoms with E-state index in [1.165, 1.54) is 18.4 Å². The highest BCUT2D eigenvalue weighted by atomic mass is 16.4. The lowest BCUT2D eigenvalue weighted by Gasteiger charge is -2.55. The van der Waals surface area contributed by atoms with E-state index < -0.39 is 0 Å². The minimum Gasteiger partial charge on any atom is -0.447 e. The molecule has 0 spiro atoms. The maximum Gasteiger partial charge on any atom is 0.282 e. The van der Waals surface area contributed by atoms with Crippen molar-refractivity contribution in [1.29, 1.82) is 0 Å². The first-order valence-corrected chi connectivity index (χ1v) is 5.09. The molecule has 2 radical (unpaired) electrons. The first kappa shape index (κ1) is 9.33. The van der Waals surface area contributed by atoms with Crippen LogP contribution in [0.1, 0.15) is 33.6 Å². The van der Waals surface area contributed by atoms with Crippen molar-refractivity contribution in [2.24, 2.45) is 17.3 Å². The zero-order chi connectivity index (χ0) is 9.64. The molecule has 70 valence electrons. The standard InChI is InChI=1S/C11H17BO/c1-7-8(6-13-12)4-9-5-10(7)11(9,2)3/h8-9H,4-6H2,1-3H3. The fourth-order valence-corrected chi connectivity index (χ4v) is 3.00. The SMILES string of the molecule is [B]OCC1CC2CC(=C1C)C2(C)C. The molecule has 2 atom stereocenters. The maximum atomic E-state index is 5.13. The largest absolute Gasteiger partial charge is 0.447 e. The Bertz CT molecular complexity index is 255. The highest BCUT2D eigenvalue weighted by Crippen LogP contribution is 2.59. The number of allylic oxidation sites excluding steroid dienone is 1. The van der Waals surface area contributed by atoms with Crippen LogP contribution < -0.4 is 0 Å². The molecule has 3 rings (SSSR count). The van der Waals surface area contributed by atoms with Crippen molar-refractivity contribution < 1.29 is 4.65 Å². The van der Waals surface area contributed by atoms with Gasteiger partial charge in [-0.3, -0.25) is 0 Å². The lowest BCUT2D eigenvalue weighted by atomic mass is 9.50. The van der Waals surface area contributed by atoms with Gasteiger partial charge in [-0.2, -0.15) is 0 Å². The smallest absolute Gasteiger partial charge is 0.282 e. The summed E-state index contributed by atoms with van der Waals surface area (Å²) in [7, 11) is 5.13. The van der Waals surface area contributed by atoms with Gasteiger partial charge in [0, 0.05) is 12.5 Å². The van der Waals surface area contributed by atoms with Crippen LogP contribution in [0, 0.1) is 17.3 Å². The van der Waals surface area contributed by atoms with Gasteiger partial charge < -0.3 is 4.65 Å². The van der Waals surface area contributed by atoms with Gasteiger partial charge in [0.05, 0.1) is 0 Å². The van der Waals surface area contributed by atoms with Crippen LogP contribution in [0.2, 0.25) is 0 Å². The molecule has 0 amide bonds. The normalized spacial score (nSPS) is 35.9. The second-order valence-corrected chi connectivity index (χ2v) is 5.05. The molecular weight excluding hydrogens is 159 g/mol. The zero-order valence-electron chi connectivity index (χ0n) is 8.76. The first-order chi connectivity index (χ1) is 6.07. The predicted octanol–water partition coefficient (Wildman–Crippen LogP) is 2.47. The topological polar surface area (TPSA) is 9.23 Å². The molecule has 3 aliphatic rings. The average Bonchev–Trinajstić information content (AvgIpc) is 2.08. The minimum atomic E-state index is 0.467. The molecule has 1 saturated carbocycles. The third kappa shape index (κ3) is 1.19. The molecule has 0 aromatic carbocycles. The third-order valence-electron chi connectivity index (χ3n) is 4.20. The molecule has 0 heterocycles. The van der Waals surface area contributed by atoms with Crippen LogP contribution in [0.3, 0.4) is 0 Å². The third-order valence-corrected chi connectivity index (χ3v) is 4.20. The van der Waals surface area contributed by atoms with Crippen LogP contribution >= 0.6 is 0 Å². The molecule has 0 N–H and O–H groups in total. The Kier molecular flexibility index (Phi) is 2.06. The lowest BCUT2D eigenvalue weighted by Crippen LogP contribution is -2.45. The molecule has 13 heavy (non-hydrogen) atoms. The minimum absolute atomic E-state index is 0.467. The molecule has 3 aliphatic carbocycles. The zero-order valence-corrected chi connectivity index (χ0v) is 8.76. The van der Waals surface area contributed by atoms with Gasteiger partial charge in [0.15, 0.2) is 0 Å². The summed E-state index contributed by atoms with van der Waals surface area (Å²) in [5.74, 6) is 1.46. The molecule has 2 heteroatoms. The van der Waals surface area contributed by atoms with Crippen molar-refractivity contribution in [3.05, 3.63) is 11.1 Å². The predicted molar refractivity (Wildman–Crippen MR) is 54.4 cm³/mol. The fraction of sp³-hybridized carbons (Fsp3) is 0.818. The van der Waals surface area contributed by atoms with E-state index >= 15 is 0 Å². The van der Waals surface area contributed by atoms with Crippen LogP contribution in [0.5, 0.6) is 0 Å². The van der Waals surface area contributed by atoms with Crippen LogP contribution in [0.4, 0.5) is 0 Å². The fourth-order valence-electron chi connectivity index (χ4n) is 3.00. The van der Waals surface area contributed by atoms with Crippen molar-refractivity contribution in [1.82, 2.24) is 0 Å². The van der Waals surface area contributed by atoms with Crippen molar-refractivity contribution >= 4 is 8.05 Å². The summed E-state index contributed by atoms with van der Waals surface area (Å²) >= 11 is 0.